The Morgan fingerprint density at radius 1 is 1.40 bits per heavy atom. The van der Waals surface area contributed by atoms with E-state index in [0.717, 1.165) is 41.8 Å². The van der Waals surface area contributed by atoms with Crippen molar-refractivity contribution >= 4 is 17.2 Å². The number of thiazole rings is 1. The Labute approximate surface area is 122 Å². The van der Waals surface area contributed by atoms with Crippen molar-refractivity contribution in [3.05, 3.63) is 33.7 Å². The molecular weight excluding hydrogens is 272 g/mol. The Balaban J connectivity index is 1.66. The molecule has 20 heavy (non-hydrogen) atoms. The van der Waals surface area contributed by atoms with Crippen molar-refractivity contribution in [2.75, 3.05) is 18.5 Å². The molecule has 3 rings (SSSR count). The van der Waals surface area contributed by atoms with Crippen LogP contribution >= 0.6 is 11.3 Å². The second-order valence-electron chi connectivity index (χ2n) is 4.99. The molecule has 1 fully saturated rings. The van der Waals surface area contributed by atoms with Crippen LogP contribution in [-0.4, -0.2) is 28.2 Å². The summed E-state index contributed by atoms with van der Waals surface area (Å²) in [5.41, 5.74) is 2.17. The molecule has 2 aromatic heterocycles. The van der Waals surface area contributed by atoms with Gasteiger partial charge in [0, 0.05) is 23.5 Å². The summed E-state index contributed by atoms with van der Waals surface area (Å²) in [6.07, 6.45) is 2.66. The zero-order valence-electron chi connectivity index (χ0n) is 11.7. The van der Waals surface area contributed by atoms with Crippen LogP contribution in [0.5, 0.6) is 0 Å². The molecule has 0 unspecified atom stereocenters. The second-order valence-corrected chi connectivity index (χ2v) is 6.28. The molecule has 0 saturated carbocycles. The summed E-state index contributed by atoms with van der Waals surface area (Å²) in [7, 11) is 0. The Bertz CT molecular complexity index is 573. The molecule has 0 bridgehead atoms. The fraction of sp³-hybridized carbons (Fsp3) is 0.500. The highest BCUT2D eigenvalue weighted by molar-refractivity contribution is 7.11. The zero-order valence-corrected chi connectivity index (χ0v) is 12.5. The van der Waals surface area contributed by atoms with E-state index in [2.05, 4.69) is 27.2 Å². The van der Waals surface area contributed by atoms with Crippen molar-refractivity contribution in [2.24, 2.45) is 0 Å². The minimum atomic E-state index is 0.405. The van der Waals surface area contributed by atoms with E-state index in [1.165, 1.54) is 4.88 Å². The zero-order chi connectivity index (χ0) is 13.9. The van der Waals surface area contributed by atoms with E-state index < -0.39 is 0 Å². The fourth-order valence-electron chi connectivity index (χ4n) is 2.24. The number of hydrogen-bond acceptors (Lipinski definition) is 6. The number of ether oxygens (including phenoxy) is 1. The Hall–Kier alpha value is -1.53. The quantitative estimate of drug-likeness (QED) is 0.938. The highest BCUT2D eigenvalue weighted by atomic mass is 32.1. The molecule has 1 aliphatic rings. The summed E-state index contributed by atoms with van der Waals surface area (Å²) in [5.74, 6) is 1.26. The molecule has 0 radical (unpaired) electrons. The summed E-state index contributed by atoms with van der Waals surface area (Å²) in [6, 6.07) is 2.02. The largest absolute Gasteiger partial charge is 0.381 e. The van der Waals surface area contributed by atoms with Gasteiger partial charge in [-0.05, 0) is 20.3 Å². The minimum Gasteiger partial charge on any atom is -0.381 e. The number of aromatic nitrogens is 3. The van der Waals surface area contributed by atoms with Crippen LogP contribution in [0.15, 0.2) is 12.4 Å². The van der Waals surface area contributed by atoms with Crippen molar-refractivity contribution in [1.82, 2.24) is 15.0 Å². The van der Waals surface area contributed by atoms with Gasteiger partial charge in [0.1, 0.15) is 17.2 Å². The Morgan fingerprint density at radius 3 is 3.00 bits per heavy atom. The van der Waals surface area contributed by atoms with E-state index in [0.29, 0.717) is 12.5 Å². The smallest absolute Gasteiger partial charge is 0.129 e. The lowest BCUT2D eigenvalue weighted by atomic mass is 10.1. The summed E-state index contributed by atoms with van der Waals surface area (Å²) in [5, 5.41) is 4.41. The van der Waals surface area contributed by atoms with Crippen LogP contribution in [0.4, 0.5) is 5.82 Å². The molecule has 1 aliphatic heterocycles. The monoisotopic (exact) mass is 290 g/mol. The molecular formula is C14H18N4OS. The van der Waals surface area contributed by atoms with Gasteiger partial charge in [-0.25, -0.2) is 15.0 Å². The van der Waals surface area contributed by atoms with Crippen molar-refractivity contribution in [3.8, 4) is 0 Å². The Morgan fingerprint density at radius 2 is 2.30 bits per heavy atom. The molecule has 5 nitrogen and oxygen atoms in total. The van der Waals surface area contributed by atoms with Gasteiger partial charge in [-0.1, -0.05) is 0 Å². The molecule has 0 amide bonds. The van der Waals surface area contributed by atoms with Gasteiger partial charge >= 0.3 is 0 Å². The van der Waals surface area contributed by atoms with E-state index in [9.17, 15) is 0 Å². The van der Waals surface area contributed by atoms with Gasteiger partial charge in [0.15, 0.2) is 0 Å². The molecule has 1 N–H and O–H groups in total. The minimum absolute atomic E-state index is 0.405. The van der Waals surface area contributed by atoms with Crippen LogP contribution in [0.1, 0.15) is 33.6 Å². The molecule has 0 spiro atoms. The first kappa shape index (κ1) is 13.5. The molecule has 1 atom stereocenters. The average molecular weight is 290 g/mol. The van der Waals surface area contributed by atoms with Crippen molar-refractivity contribution in [2.45, 2.75) is 32.7 Å². The maximum atomic E-state index is 5.41. The van der Waals surface area contributed by atoms with Crippen LogP contribution in [0, 0.1) is 13.8 Å². The third-order valence-corrected chi connectivity index (χ3v) is 4.60. The highest BCUT2D eigenvalue weighted by Crippen LogP contribution is 2.24. The maximum Gasteiger partial charge on any atom is 0.129 e. The van der Waals surface area contributed by atoms with Gasteiger partial charge in [-0.2, -0.15) is 0 Å². The normalized spacial score (nSPS) is 18.4. The number of nitrogens with one attached hydrogen (secondary N) is 1. The van der Waals surface area contributed by atoms with E-state index >= 15 is 0 Å². The predicted molar refractivity (Wildman–Crippen MR) is 79.1 cm³/mol. The number of nitrogens with zero attached hydrogens (tertiary/aromatic N) is 3. The lowest BCUT2D eigenvalue weighted by Gasteiger charge is -2.09. The number of aryl methyl sites for hydroxylation is 2. The highest BCUT2D eigenvalue weighted by Gasteiger charge is 2.19. The van der Waals surface area contributed by atoms with Crippen molar-refractivity contribution < 1.29 is 4.74 Å². The number of rotatable bonds is 4. The van der Waals surface area contributed by atoms with E-state index in [-0.39, 0.29) is 0 Å². The summed E-state index contributed by atoms with van der Waals surface area (Å²) < 4.78 is 5.41. The number of anilines is 1. The van der Waals surface area contributed by atoms with Crippen LogP contribution in [0.3, 0.4) is 0 Å². The lowest BCUT2D eigenvalue weighted by molar-refractivity contribution is 0.193. The van der Waals surface area contributed by atoms with Crippen molar-refractivity contribution in [1.29, 1.82) is 0 Å². The molecule has 3 heterocycles. The van der Waals surface area contributed by atoms with E-state index in [1.54, 1.807) is 17.7 Å². The lowest BCUT2D eigenvalue weighted by Crippen LogP contribution is -2.05. The van der Waals surface area contributed by atoms with Gasteiger partial charge in [0.05, 0.1) is 24.5 Å². The first-order chi connectivity index (χ1) is 9.72. The van der Waals surface area contributed by atoms with Crippen LogP contribution in [-0.2, 0) is 11.3 Å². The fourth-order valence-corrected chi connectivity index (χ4v) is 3.11. The second kappa shape index (κ2) is 5.85. The average Bonchev–Trinajstić information content (AvgIpc) is 3.08. The van der Waals surface area contributed by atoms with Crippen LogP contribution < -0.4 is 5.32 Å². The SMILES string of the molecule is Cc1nc(CNc2cc([C@H]3CCOC3)ncn2)sc1C. The van der Waals surface area contributed by atoms with Gasteiger partial charge in [-0.3, -0.25) is 0 Å². The standard InChI is InChI=1S/C14H18N4OS/c1-9-10(2)20-14(18-9)6-15-13-5-12(16-8-17-13)11-3-4-19-7-11/h5,8,11H,3-4,6-7H2,1-2H3,(H,15,16,17)/t11-/m0/s1. The topological polar surface area (TPSA) is 59.9 Å². The van der Waals surface area contributed by atoms with Gasteiger partial charge in [0.25, 0.3) is 0 Å². The third kappa shape index (κ3) is 2.96. The van der Waals surface area contributed by atoms with Crippen LogP contribution in [0.2, 0.25) is 0 Å². The predicted octanol–water partition coefficient (Wildman–Crippen LogP) is 2.67. The molecule has 2 aromatic rings. The Kier molecular flexibility index (Phi) is 3.93. The summed E-state index contributed by atoms with van der Waals surface area (Å²) in [4.78, 5) is 14.4. The number of hydrogen-bond donors (Lipinski definition) is 1. The molecule has 1 saturated heterocycles. The summed E-state index contributed by atoms with van der Waals surface area (Å²) >= 11 is 1.73. The van der Waals surface area contributed by atoms with Crippen LogP contribution in [0.25, 0.3) is 0 Å². The first-order valence-electron chi connectivity index (χ1n) is 6.79. The first-order valence-corrected chi connectivity index (χ1v) is 7.60. The molecule has 106 valence electrons. The summed E-state index contributed by atoms with van der Waals surface area (Å²) in [6.45, 7) is 6.44. The maximum absolute atomic E-state index is 5.41. The molecule has 6 heteroatoms. The third-order valence-electron chi connectivity index (χ3n) is 3.53. The van der Waals surface area contributed by atoms with E-state index in [1.807, 2.05) is 13.0 Å². The van der Waals surface area contributed by atoms with Gasteiger partial charge < -0.3 is 10.1 Å². The van der Waals surface area contributed by atoms with Crippen molar-refractivity contribution in [3.63, 3.8) is 0 Å². The molecule has 0 aliphatic carbocycles. The van der Waals surface area contributed by atoms with Gasteiger partial charge in [-0.15, -0.1) is 11.3 Å². The van der Waals surface area contributed by atoms with E-state index in [4.69, 9.17) is 4.74 Å². The van der Waals surface area contributed by atoms with Gasteiger partial charge in [0.2, 0.25) is 0 Å². The molecule has 0 aromatic carbocycles.